The van der Waals surface area contributed by atoms with Gasteiger partial charge in [0, 0.05) is 22.7 Å². The molecule has 0 fully saturated rings. The first-order valence-electron chi connectivity index (χ1n) is 3.21. The van der Waals surface area contributed by atoms with Crippen molar-refractivity contribution in [1.82, 2.24) is 4.98 Å². The van der Waals surface area contributed by atoms with Crippen molar-refractivity contribution in [2.75, 3.05) is 6.61 Å². The van der Waals surface area contributed by atoms with Gasteiger partial charge >= 0.3 is 0 Å². The molecular weight excluding hydrogens is 146 g/mol. The van der Waals surface area contributed by atoms with E-state index in [0.29, 0.717) is 0 Å². The number of hydrogen-bond acceptors (Lipinski definition) is 2. The van der Waals surface area contributed by atoms with Crippen LogP contribution in [0.25, 0.3) is 0 Å². The summed E-state index contributed by atoms with van der Waals surface area (Å²) in [6.07, 6.45) is 2.76. The van der Waals surface area contributed by atoms with Crippen LogP contribution in [0, 0.1) is 4.51 Å². The van der Waals surface area contributed by atoms with Gasteiger partial charge in [0.1, 0.15) is 0 Å². The van der Waals surface area contributed by atoms with Crippen molar-refractivity contribution in [1.29, 1.82) is 0 Å². The topological polar surface area (TPSA) is 25.0 Å². The maximum atomic E-state index is 5.26. The minimum Gasteiger partial charge on any atom is -0.478 e. The highest BCUT2D eigenvalue weighted by atomic mass is 32.1. The van der Waals surface area contributed by atoms with Crippen LogP contribution in [0.5, 0.6) is 5.88 Å². The molecule has 0 saturated carbocycles. The van der Waals surface area contributed by atoms with Gasteiger partial charge in [0.05, 0.1) is 6.61 Å². The maximum Gasteiger partial charge on any atom is 0.195 e. The van der Waals surface area contributed by atoms with E-state index in [0.717, 1.165) is 29.0 Å². The third-order valence-electron chi connectivity index (χ3n) is 1.62. The van der Waals surface area contributed by atoms with Crippen molar-refractivity contribution in [3.63, 3.8) is 0 Å². The molecule has 0 amide bonds. The summed E-state index contributed by atoms with van der Waals surface area (Å²) in [7, 11) is 0. The lowest BCUT2D eigenvalue weighted by atomic mass is 10.2. The summed E-state index contributed by atoms with van der Waals surface area (Å²) < 4.78 is 6.17. The fourth-order valence-electron chi connectivity index (χ4n) is 1.11. The number of aromatic amines is 1. The largest absolute Gasteiger partial charge is 0.478 e. The number of hydrogen-bond donors (Lipinski definition) is 1. The van der Waals surface area contributed by atoms with Crippen LogP contribution in [-0.2, 0) is 6.42 Å². The minimum absolute atomic E-state index is 0.763. The van der Waals surface area contributed by atoms with E-state index in [1.54, 1.807) is 0 Å². The molecule has 0 radical (unpaired) electrons. The van der Waals surface area contributed by atoms with Crippen LogP contribution in [0.2, 0.25) is 0 Å². The van der Waals surface area contributed by atoms with Gasteiger partial charge in [-0.3, -0.25) is 0 Å². The summed E-state index contributed by atoms with van der Waals surface area (Å²) in [6.45, 7) is 0.763. The van der Waals surface area contributed by atoms with Gasteiger partial charge in [-0.05, 0) is 6.07 Å². The molecule has 1 aliphatic heterocycles. The Bertz CT molecular complexity index is 305. The minimum atomic E-state index is 0.763. The standard InChI is InChI=1S/C7H7NOS/c10-6-1-3-8-7-5(6)2-4-9-7/h1,3H,2,4H2,(H,8,10). The van der Waals surface area contributed by atoms with Crippen molar-refractivity contribution in [3.05, 3.63) is 22.3 Å². The van der Waals surface area contributed by atoms with Crippen LogP contribution in [0.1, 0.15) is 5.56 Å². The first kappa shape index (κ1) is 5.92. The van der Waals surface area contributed by atoms with Crippen LogP contribution < -0.4 is 4.74 Å². The van der Waals surface area contributed by atoms with Crippen molar-refractivity contribution in [3.8, 4) is 5.88 Å². The van der Waals surface area contributed by atoms with E-state index in [1.165, 1.54) is 0 Å². The van der Waals surface area contributed by atoms with Gasteiger partial charge in [0.2, 0.25) is 0 Å². The number of aromatic nitrogens is 1. The van der Waals surface area contributed by atoms with Crippen LogP contribution >= 0.6 is 12.2 Å². The molecule has 0 aliphatic carbocycles. The zero-order chi connectivity index (χ0) is 6.97. The van der Waals surface area contributed by atoms with E-state index in [4.69, 9.17) is 17.0 Å². The maximum absolute atomic E-state index is 5.26. The van der Waals surface area contributed by atoms with Crippen molar-refractivity contribution < 1.29 is 4.74 Å². The summed E-state index contributed by atoms with van der Waals surface area (Å²) in [5, 5.41) is 0. The predicted molar refractivity (Wildman–Crippen MR) is 40.8 cm³/mol. The molecule has 2 rings (SSSR count). The average Bonchev–Trinajstić information content (AvgIpc) is 2.36. The lowest BCUT2D eigenvalue weighted by molar-refractivity contribution is 0.345. The molecule has 1 N–H and O–H groups in total. The zero-order valence-electron chi connectivity index (χ0n) is 5.39. The Morgan fingerprint density at radius 2 is 2.50 bits per heavy atom. The Kier molecular flexibility index (Phi) is 1.24. The zero-order valence-corrected chi connectivity index (χ0v) is 6.20. The highest BCUT2D eigenvalue weighted by Gasteiger charge is 2.12. The van der Waals surface area contributed by atoms with E-state index in [-0.39, 0.29) is 0 Å². The lowest BCUT2D eigenvalue weighted by Crippen LogP contribution is -1.87. The van der Waals surface area contributed by atoms with Crippen LogP contribution in [-0.4, -0.2) is 11.6 Å². The van der Waals surface area contributed by atoms with Gasteiger partial charge in [0.15, 0.2) is 5.88 Å². The number of H-pyrrole nitrogens is 1. The second-order valence-electron chi connectivity index (χ2n) is 2.25. The van der Waals surface area contributed by atoms with Gasteiger partial charge in [0.25, 0.3) is 0 Å². The summed E-state index contributed by atoms with van der Waals surface area (Å²) >= 11 is 5.08. The van der Waals surface area contributed by atoms with Crippen molar-refractivity contribution in [2.45, 2.75) is 6.42 Å². The molecule has 0 bridgehead atoms. The summed E-state index contributed by atoms with van der Waals surface area (Å²) in [5.41, 5.74) is 1.15. The summed E-state index contributed by atoms with van der Waals surface area (Å²) in [4.78, 5) is 3.00. The van der Waals surface area contributed by atoms with Crippen molar-refractivity contribution in [2.24, 2.45) is 0 Å². The smallest absolute Gasteiger partial charge is 0.195 e. The molecule has 0 atom stereocenters. The molecule has 52 valence electrons. The third-order valence-corrected chi connectivity index (χ3v) is 2.00. The van der Waals surface area contributed by atoms with Gasteiger partial charge in [-0.1, -0.05) is 12.2 Å². The van der Waals surface area contributed by atoms with Gasteiger partial charge in [-0.25, -0.2) is 0 Å². The second kappa shape index (κ2) is 2.09. The molecular formula is C7H7NOS. The van der Waals surface area contributed by atoms with Crippen LogP contribution in [0.3, 0.4) is 0 Å². The van der Waals surface area contributed by atoms with E-state index >= 15 is 0 Å². The van der Waals surface area contributed by atoms with Crippen molar-refractivity contribution >= 4 is 12.2 Å². The lowest BCUT2D eigenvalue weighted by Gasteiger charge is -1.95. The van der Waals surface area contributed by atoms with E-state index in [2.05, 4.69) is 4.98 Å². The van der Waals surface area contributed by atoms with Gasteiger partial charge < -0.3 is 9.72 Å². The molecule has 0 unspecified atom stereocenters. The fourth-order valence-corrected chi connectivity index (χ4v) is 1.38. The molecule has 2 heterocycles. The normalized spacial score (nSPS) is 14.4. The van der Waals surface area contributed by atoms with Crippen LogP contribution in [0.4, 0.5) is 0 Å². The number of pyridine rings is 1. The molecule has 2 nitrogen and oxygen atoms in total. The Hall–Kier alpha value is -0.830. The first-order chi connectivity index (χ1) is 4.88. The molecule has 0 spiro atoms. The molecule has 3 heteroatoms. The predicted octanol–water partition coefficient (Wildman–Crippen LogP) is 1.68. The molecule has 10 heavy (non-hydrogen) atoms. The van der Waals surface area contributed by atoms with E-state index in [1.807, 2.05) is 12.3 Å². The molecule has 1 aliphatic rings. The highest BCUT2D eigenvalue weighted by molar-refractivity contribution is 7.71. The van der Waals surface area contributed by atoms with E-state index < -0.39 is 0 Å². The number of rotatable bonds is 0. The third kappa shape index (κ3) is 0.743. The summed E-state index contributed by atoms with van der Waals surface area (Å²) in [6, 6.07) is 1.89. The quantitative estimate of drug-likeness (QED) is 0.573. The Balaban J connectivity index is 2.70. The first-order valence-corrected chi connectivity index (χ1v) is 3.62. The Morgan fingerprint density at radius 1 is 1.60 bits per heavy atom. The second-order valence-corrected chi connectivity index (χ2v) is 2.69. The average molecular weight is 153 g/mol. The molecule has 0 saturated heterocycles. The molecule has 0 aromatic carbocycles. The fraction of sp³-hybridized carbons (Fsp3) is 0.286. The highest BCUT2D eigenvalue weighted by Crippen LogP contribution is 2.21. The van der Waals surface area contributed by atoms with Crippen LogP contribution in [0.15, 0.2) is 12.3 Å². The summed E-state index contributed by atoms with van der Waals surface area (Å²) in [5.74, 6) is 0.854. The number of ether oxygens (including phenoxy) is 1. The molecule has 1 aromatic rings. The van der Waals surface area contributed by atoms with Gasteiger partial charge in [-0.15, -0.1) is 0 Å². The SMILES string of the molecule is S=c1cc[nH]c2c1CCO2. The Labute approximate surface area is 63.8 Å². The van der Waals surface area contributed by atoms with E-state index in [9.17, 15) is 0 Å². The van der Waals surface area contributed by atoms with Gasteiger partial charge in [-0.2, -0.15) is 0 Å². The number of fused-ring (bicyclic) bond motifs is 1. The monoisotopic (exact) mass is 153 g/mol. The molecule has 1 aromatic heterocycles. The Morgan fingerprint density at radius 3 is 3.30 bits per heavy atom. The number of nitrogens with one attached hydrogen (secondary N) is 1.